The number of benzene rings is 2. The number of rotatable bonds is 1. The molecule has 18 heavy (non-hydrogen) atoms. The standard InChI is InChI=1S/C16H16ClN/c17-15-9-7-12(8-10-15)14-6-5-13-3-1-2-4-16(13)18-11-14/h1-4,7-10,14,18H,5-6,11H2/t14-/m1/s1. The minimum absolute atomic E-state index is 0.565. The molecule has 2 aromatic rings. The monoisotopic (exact) mass is 257 g/mol. The molecule has 0 fully saturated rings. The van der Waals surface area contributed by atoms with Gasteiger partial charge in [0, 0.05) is 23.2 Å². The molecule has 0 aliphatic carbocycles. The lowest BCUT2D eigenvalue weighted by atomic mass is 9.94. The molecule has 2 heteroatoms. The average molecular weight is 258 g/mol. The molecule has 3 rings (SSSR count). The van der Waals surface area contributed by atoms with Gasteiger partial charge in [0.15, 0.2) is 0 Å². The molecule has 1 aliphatic heterocycles. The van der Waals surface area contributed by atoms with Crippen LogP contribution in [0.3, 0.4) is 0 Å². The van der Waals surface area contributed by atoms with E-state index in [0.717, 1.165) is 18.0 Å². The minimum atomic E-state index is 0.565. The average Bonchev–Trinajstić information content (AvgIpc) is 2.62. The summed E-state index contributed by atoms with van der Waals surface area (Å²) in [7, 11) is 0. The molecule has 1 heterocycles. The topological polar surface area (TPSA) is 12.0 Å². The molecule has 0 bridgehead atoms. The van der Waals surface area contributed by atoms with Crippen molar-refractivity contribution < 1.29 is 0 Å². The Hall–Kier alpha value is -1.47. The first-order valence-electron chi connectivity index (χ1n) is 6.40. The number of para-hydroxylation sites is 1. The van der Waals surface area contributed by atoms with E-state index < -0.39 is 0 Å². The van der Waals surface area contributed by atoms with E-state index in [4.69, 9.17) is 11.6 Å². The highest BCUT2D eigenvalue weighted by atomic mass is 35.5. The van der Waals surface area contributed by atoms with Crippen LogP contribution in [-0.4, -0.2) is 6.54 Å². The van der Waals surface area contributed by atoms with Crippen molar-refractivity contribution in [3.05, 3.63) is 64.7 Å². The second kappa shape index (κ2) is 5.03. The summed E-state index contributed by atoms with van der Waals surface area (Å²) in [5.41, 5.74) is 4.09. The van der Waals surface area contributed by atoms with Crippen molar-refractivity contribution in [2.45, 2.75) is 18.8 Å². The second-order valence-corrected chi connectivity index (χ2v) is 5.26. The molecule has 92 valence electrons. The Labute approximate surface area is 113 Å². The highest BCUT2D eigenvalue weighted by molar-refractivity contribution is 6.30. The minimum Gasteiger partial charge on any atom is -0.384 e. The number of anilines is 1. The van der Waals surface area contributed by atoms with E-state index in [1.807, 2.05) is 12.1 Å². The molecular formula is C16H16ClN. The van der Waals surface area contributed by atoms with Crippen LogP contribution in [0.25, 0.3) is 0 Å². The van der Waals surface area contributed by atoms with Crippen LogP contribution in [0.1, 0.15) is 23.5 Å². The van der Waals surface area contributed by atoms with Gasteiger partial charge < -0.3 is 5.32 Å². The normalized spacial score (nSPS) is 18.6. The smallest absolute Gasteiger partial charge is 0.0406 e. The van der Waals surface area contributed by atoms with E-state index in [-0.39, 0.29) is 0 Å². The summed E-state index contributed by atoms with van der Waals surface area (Å²) in [5.74, 6) is 0.565. The summed E-state index contributed by atoms with van der Waals surface area (Å²) < 4.78 is 0. The van der Waals surface area contributed by atoms with Crippen LogP contribution in [0.5, 0.6) is 0 Å². The fourth-order valence-electron chi connectivity index (χ4n) is 2.60. The van der Waals surface area contributed by atoms with Gasteiger partial charge in [0.2, 0.25) is 0 Å². The SMILES string of the molecule is Clc1ccc([C@@H]2CCc3ccccc3NC2)cc1. The number of nitrogens with one attached hydrogen (secondary N) is 1. The Morgan fingerprint density at radius 1 is 1.00 bits per heavy atom. The summed E-state index contributed by atoms with van der Waals surface area (Å²) in [4.78, 5) is 0. The van der Waals surface area contributed by atoms with Gasteiger partial charge in [0.05, 0.1) is 0 Å². The molecule has 1 N–H and O–H groups in total. The summed E-state index contributed by atoms with van der Waals surface area (Å²) >= 11 is 5.94. The Morgan fingerprint density at radius 3 is 2.61 bits per heavy atom. The van der Waals surface area contributed by atoms with Crippen LogP contribution in [0.2, 0.25) is 5.02 Å². The maximum absolute atomic E-state index is 5.94. The second-order valence-electron chi connectivity index (χ2n) is 4.83. The van der Waals surface area contributed by atoms with Crippen molar-refractivity contribution in [1.82, 2.24) is 0 Å². The zero-order chi connectivity index (χ0) is 12.4. The lowest BCUT2D eigenvalue weighted by Gasteiger charge is -2.15. The number of fused-ring (bicyclic) bond motifs is 1. The largest absolute Gasteiger partial charge is 0.384 e. The third-order valence-electron chi connectivity index (χ3n) is 3.66. The van der Waals surface area contributed by atoms with E-state index >= 15 is 0 Å². The van der Waals surface area contributed by atoms with Gasteiger partial charge in [0.1, 0.15) is 0 Å². The molecule has 0 saturated heterocycles. The van der Waals surface area contributed by atoms with E-state index in [9.17, 15) is 0 Å². The summed E-state index contributed by atoms with van der Waals surface area (Å²) in [6.07, 6.45) is 2.32. The quantitative estimate of drug-likeness (QED) is 0.794. The highest BCUT2D eigenvalue weighted by Gasteiger charge is 2.16. The molecule has 0 saturated carbocycles. The van der Waals surface area contributed by atoms with Gasteiger partial charge in [-0.25, -0.2) is 0 Å². The third-order valence-corrected chi connectivity index (χ3v) is 3.91. The van der Waals surface area contributed by atoms with E-state index in [0.29, 0.717) is 5.92 Å². The predicted octanol–water partition coefficient (Wildman–Crippen LogP) is 4.48. The van der Waals surface area contributed by atoms with Crippen molar-refractivity contribution in [2.75, 3.05) is 11.9 Å². The van der Waals surface area contributed by atoms with Crippen LogP contribution >= 0.6 is 11.6 Å². The van der Waals surface area contributed by atoms with Crippen LogP contribution in [-0.2, 0) is 6.42 Å². The first-order valence-corrected chi connectivity index (χ1v) is 6.78. The number of hydrogen-bond acceptors (Lipinski definition) is 1. The maximum atomic E-state index is 5.94. The highest BCUT2D eigenvalue weighted by Crippen LogP contribution is 2.29. The first kappa shape index (κ1) is 11.6. The lowest BCUT2D eigenvalue weighted by molar-refractivity contribution is 0.665. The molecule has 0 spiro atoms. The van der Waals surface area contributed by atoms with Gasteiger partial charge in [-0.05, 0) is 42.2 Å². The van der Waals surface area contributed by atoms with Gasteiger partial charge in [-0.2, -0.15) is 0 Å². The third kappa shape index (κ3) is 2.37. The van der Waals surface area contributed by atoms with Gasteiger partial charge in [-0.3, -0.25) is 0 Å². The van der Waals surface area contributed by atoms with Crippen molar-refractivity contribution in [3.63, 3.8) is 0 Å². The molecule has 0 amide bonds. The Bertz CT molecular complexity index is 506. The van der Waals surface area contributed by atoms with Crippen molar-refractivity contribution >= 4 is 17.3 Å². The summed E-state index contributed by atoms with van der Waals surface area (Å²) in [6.45, 7) is 0.999. The zero-order valence-corrected chi connectivity index (χ0v) is 11.0. The molecule has 2 aromatic carbocycles. The number of hydrogen-bond donors (Lipinski definition) is 1. The van der Waals surface area contributed by atoms with Gasteiger partial charge in [-0.15, -0.1) is 0 Å². The molecule has 0 aromatic heterocycles. The Morgan fingerprint density at radius 2 is 1.78 bits per heavy atom. The maximum Gasteiger partial charge on any atom is 0.0406 e. The van der Waals surface area contributed by atoms with Crippen LogP contribution in [0.4, 0.5) is 5.69 Å². The summed E-state index contributed by atoms with van der Waals surface area (Å²) in [6, 6.07) is 16.8. The van der Waals surface area contributed by atoms with Gasteiger partial charge >= 0.3 is 0 Å². The van der Waals surface area contributed by atoms with Crippen LogP contribution < -0.4 is 5.32 Å². The molecule has 1 nitrogen and oxygen atoms in total. The van der Waals surface area contributed by atoms with Crippen molar-refractivity contribution in [2.24, 2.45) is 0 Å². The van der Waals surface area contributed by atoms with E-state index in [2.05, 4.69) is 41.7 Å². The van der Waals surface area contributed by atoms with Crippen LogP contribution in [0.15, 0.2) is 48.5 Å². The molecule has 1 aliphatic rings. The van der Waals surface area contributed by atoms with Crippen molar-refractivity contribution in [3.8, 4) is 0 Å². The molecule has 0 radical (unpaired) electrons. The molecular weight excluding hydrogens is 242 g/mol. The molecule has 1 atom stereocenters. The summed E-state index contributed by atoms with van der Waals surface area (Å²) in [5, 5.41) is 4.36. The van der Waals surface area contributed by atoms with E-state index in [1.54, 1.807) is 0 Å². The lowest BCUT2D eigenvalue weighted by Crippen LogP contribution is -2.10. The Balaban J connectivity index is 1.80. The first-order chi connectivity index (χ1) is 8.83. The zero-order valence-electron chi connectivity index (χ0n) is 10.2. The van der Waals surface area contributed by atoms with Gasteiger partial charge in [-0.1, -0.05) is 41.9 Å². The Kier molecular flexibility index (Phi) is 3.24. The van der Waals surface area contributed by atoms with E-state index in [1.165, 1.54) is 23.2 Å². The number of aryl methyl sites for hydroxylation is 1. The van der Waals surface area contributed by atoms with Crippen molar-refractivity contribution in [1.29, 1.82) is 0 Å². The predicted molar refractivity (Wildman–Crippen MR) is 77.4 cm³/mol. The fraction of sp³-hybridized carbons (Fsp3) is 0.250. The number of halogens is 1. The van der Waals surface area contributed by atoms with Gasteiger partial charge in [0.25, 0.3) is 0 Å². The fourth-order valence-corrected chi connectivity index (χ4v) is 2.72. The molecule has 0 unspecified atom stereocenters. The van der Waals surface area contributed by atoms with Crippen LogP contribution in [0, 0.1) is 0 Å².